The first kappa shape index (κ1) is 20.6. The third-order valence-corrected chi connectivity index (χ3v) is 5.23. The van der Waals surface area contributed by atoms with Gasteiger partial charge in [0.05, 0.1) is 17.5 Å². The maximum Gasteiger partial charge on any atom is 0.260 e. The molecule has 4 rings (SSSR count). The third-order valence-electron chi connectivity index (χ3n) is 5.23. The lowest BCUT2D eigenvalue weighted by molar-refractivity contribution is -0.132. The second-order valence-electron chi connectivity index (χ2n) is 7.32. The molecule has 0 saturated carbocycles. The summed E-state index contributed by atoms with van der Waals surface area (Å²) < 4.78 is 7.33. The third kappa shape index (κ3) is 4.74. The number of aromatic nitrogens is 3. The molecule has 0 unspecified atom stereocenters. The van der Waals surface area contributed by atoms with E-state index in [-0.39, 0.29) is 18.4 Å². The van der Waals surface area contributed by atoms with E-state index in [9.17, 15) is 9.59 Å². The van der Waals surface area contributed by atoms with Crippen molar-refractivity contribution in [3.8, 4) is 11.6 Å². The summed E-state index contributed by atoms with van der Waals surface area (Å²) in [5.41, 5.74) is 1.85. The number of carbonyl (C=O) groups excluding carboxylic acids is 2. The smallest absolute Gasteiger partial charge is 0.260 e. The fourth-order valence-electron chi connectivity index (χ4n) is 3.65. The van der Waals surface area contributed by atoms with Crippen LogP contribution in [0.5, 0.6) is 5.75 Å². The summed E-state index contributed by atoms with van der Waals surface area (Å²) in [6.45, 7) is 3.56. The summed E-state index contributed by atoms with van der Waals surface area (Å²) >= 11 is 0. The number of hydrogen-bond acceptors (Lipinski definition) is 5. The summed E-state index contributed by atoms with van der Waals surface area (Å²) in [6.07, 6.45) is 5.96. The van der Waals surface area contributed by atoms with Crippen molar-refractivity contribution in [1.29, 1.82) is 0 Å². The predicted octanol–water partition coefficient (Wildman–Crippen LogP) is 3.08. The lowest BCUT2D eigenvalue weighted by Crippen LogP contribution is -2.32. The number of pyridine rings is 1. The largest absolute Gasteiger partial charge is 0.484 e. The number of benzene rings is 1. The van der Waals surface area contributed by atoms with Crippen molar-refractivity contribution in [1.82, 2.24) is 19.7 Å². The average Bonchev–Trinajstić information content (AvgIpc) is 3.48. The number of ether oxygens (including phenoxy) is 1. The van der Waals surface area contributed by atoms with Gasteiger partial charge in [0.25, 0.3) is 11.8 Å². The van der Waals surface area contributed by atoms with Gasteiger partial charge in [-0.15, -0.1) is 0 Å². The first-order valence-corrected chi connectivity index (χ1v) is 10.5. The van der Waals surface area contributed by atoms with Gasteiger partial charge in [0.15, 0.2) is 12.4 Å². The Balaban J connectivity index is 1.44. The molecule has 0 radical (unpaired) electrons. The Morgan fingerprint density at radius 1 is 1.13 bits per heavy atom. The molecule has 0 aliphatic carbocycles. The van der Waals surface area contributed by atoms with Crippen LogP contribution in [0.3, 0.4) is 0 Å². The monoisotopic (exact) mass is 419 g/mol. The SMILES string of the molecule is CCc1c(C(=O)Nc2cccc(OCC(=O)N3CCCC3)c2)cnn1-c1ccccn1. The highest BCUT2D eigenvalue weighted by molar-refractivity contribution is 6.05. The number of rotatable bonds is 7. The molecule has 1 aliphatic heterocycles. The van der Waals surface area contributed by atoms with Crippen molar-refractivity contribution in [3.63, 3.8) is 0 Å². The highest BCUT2D eigenvalue weighted by atomic mass is 16.5. The summed E-state index contributed by atoms with van der Waals surface area (Å²) in [5, 5.41) is 7.24. The number of nitrogens with zero attached hydrogens (tertiary/aromatic N) is 4. The number of anilines is 1. The van der Waals surface area contributed by atoms with Crippen LogP contribution >= 0.6 is 0 Å². The zero-order valence-corrected chi connectivity index (χ0v) is 17.5. The molecule has 0 spiro atoms. The fraction of sp³-hybridized carbons (Fsp3) is 0.304. The lowest BCUT2D eigenvalue weighted by Gasteiger charge is -2.15. The van der Waals surface area contributed by atoms with E-state index in [0.717, 1.165) is 31.6 Å². The summed E-state index contributed by atoms with van der Waals surface area (Å²) in [6, 6.07) is 12.6. The average molecular weight is 419 g/mol. The number of carbonyl (C=O) groups is 2. The second-order valence-corrected chi connectivity index (χ2v) is 7.32. The van der Waals surface area contributed by atoms with Gasteiger partial charge in [0.2, 0.25) is 0 Å². The minimum Gasteiger partial charge on any atom is -0.484 e. The molecule has 3 heterocycles. The molecule has 2 amide bonds. The molecular weight excluding hydrogens is 394 g/mol. The van der Waals surface area contributed by atoms with Gasteiger partial charge < -0.3 is 15.0 Å². The molecule has 0 atom stereocenters. The predicted molar refractivity (Wildman–Crippen MR) is 116 cm³/mol. The first-order valence-electron chi connectivity index (χ1n) is 10.5. The fourth-order valence-corrected chi connectivity index (χ4v) is 3.65. The van der Waals surface area contributed by atoms with E-state index in [1.165, 1.54) is 0 Å². The van der Waals surface area contributed by atoms with Crippen LogP contribution < -0.4 is 10.1 Å². The molecule has 1 aromatic carbocycles. The highest BCUT2D eigenvalue weighted by Crippen LogP contribution is 2.20. The molecule has 0 bridgehead atoms. The van der Waals surface area contributed by atoms with Crippen LogP contribution in [-0.4, -0.2) is 51.2 Å². The Labute approximate surface area is 180 Å². The lowest BCUT2D eigenvalue weighted by atomic mass is 10.2. The molecule has 31 heavy (non-hydrogen) atoms. The number of likely N-dealkylation sites (tertiary alicyclic amines) is 1. The van der Waals surface area contributed by atoms with Crippen molar-refractivity contribution in [2.24, 2.45) is 0 Å². The van der Waals surface area contributed by atoms with E-state index in [4.69, 9.17) is 4.74 Å². The van der Waals surface area contributed by atoms with Crippen LogP contribution in [0, 0.1) is 0 Å². The summed E-state index contributed by atoms with van der Waals surface area (Å²) in [7, 11) is 0. The molecule has 3 aromatic rings. The van der Waals surface area contributed by atoms with Crippen LogP contribution in [-0.2, 0) is 11.2 Å². The van der Waals surface area contributed by atoms with Gasteiger partial charge in [-0.25, -0.2) is 9.67 Å². The van der Waals surface area contributed by atoms with Crippen molar-refractivity contribution in [2.75, 3.05) is 25.0 Å². The van der Waals surface area contributed by atoms with Gasteiger partial charge in [0.1, 0.15) is 5.75 Å². The van der Waals surface area contributed by atoms with Crippen molar-refractivity contribution in [2.45, 2.75) is 26.2 Å². The number of amides is 2. The van der Waals surface area contributed by atoms with Gasteiger partial charge in [-0.1, -0.05) is 19.1 Å². The maximum atomic E-state index is 12.9. The van der Waals surface area contributed by atoms with Crippen LogP contribution in [0.25, 0.3) is 5.82 Å². The van der Waals surface area contributed by atoms with E-state index in [1.807, 2.05) is 30.0 Å². The summed E-state index contributed by atoms with van der Waals surface area (Å²) in [4.78, 5) is 31.2. The van der Waals surface area contributed by atoms with Crippen molar-refractivity contribution >= 4 is 17.5 Å². The zero-order chi connectivity index (χ0) is 21.6. The molecule has 1 saturated heterocycles. The van der Waals surface area contributed by atoms with Gasteiger partial charge in [-0.2, -0.15) is 5.10 Å². The van der Waals surface area contributed by atoms with Crippen LogP contribution in [0.1, 0.15) is 35.8 Å². The molecule has 2 aromatic heterocycles. The van der Waals surface area contributed by atoms with Gasteiger partial charge >= 0.3 is 0 Å². The minimum atomic E-state index is -0.260. The quantitative estimate of drug-likeness (QED) is 0.636. The van der Waals surface area contributed by atoms with Gasteiger partial charge in [-0.05, 0) is 43.5 Å². The Kier molecular flexibility index (Phi) is 6.26. The Bertz CT molecular complexity index is 1060. The molecule has 1 fully saturated rings. The molecular formula is C23H25N5O3. The molecule has 1 N–H and O–H groups in total. The number of nitrogens with one attached hydrogen (secondary N) is 1. The summed E-state index contributed by atoms with van der Waals surface area (Å²) in [5.74, 6) is 0.924. The van der Waals surface area contributed by atoms with Crippen LogP contribution in [0.15, 0.2) is 54.9 Å². The van der Waals surface area contributed by atoms with Gasteiger partial charge in [0, 0.05) is 31.0 Å². The molecule has 160 valence electrons. The number of hydrogen-bond donors (Lipinski definition) is 1. The minimum absolute atomic E-state index is 0.00573. The van der Waals surface area contributed by atoms with E-state index < -0.39 is 0 Å². The van der Waals surface area contributed by atoms with Crippen LogP contribution in [0.2, 0.25) is 0 Å². The second kappa shape index (κ2) is 9.42. The molecule has 8 nitrogen and oxygen atoms in total. The highest BCUT2D eigenvalue weighted by Gasteiger charge is 2.19. The van der Waals surface area contributed by atoms with E-state index in [2.05, 4.69) is 15.4 Å². The molecule has 1 aliphatic rings. The van der Waals surface area contributed by atoms with E-state index >= 15 is 0 Å². The Morgan fingerprint density at radius 3 is 2.71 bits per heavy atom. The Morgan fingerprint density at radius 2 is 1.97 bits per heavy atom. The van der Waals surface area contributed by atoms with Crippen LogP contribution in [0.4, 0.5) is 5.69 Å². The first-order chi connectivity index (χ1) is 15.2. The van der Waals surface area contributed by atoms with Crippen molar-refractivity contribution in [3.05, 3.63) is 66.1 Å². The van der Waals surface area contributed by atoms with E-state index in [1.54, 1.807) is 41.3 Å². The standard InChI is InChI=1S/C23H25N5O3/c1-2-20-19(15-25-28(20)21-10-3-4-11-24-21)23(30)26-17-8-7-9-18(14-17)31-16-22(29)27-12-5-6-13-27/h3-4,7-11,14-15H,2,5-6,12-13,16H2,1H3,(H,26,30). The topological polar surface area (TPSA) is 89.4 Å². The van der Waals surface area contributed by atoms with Gasteiger partial charge in [-0.3, -0.25) is 9.59 Å². The Hall–Kier alpha value is -3.68. The normalized spacial score (nSPS) is 13.3. The van der Waals surface area contributed by atoms with E-state index in [0.29, 0.717) is 29.2 Å². The van der Waals surface area contributed by atoms with Crippen molar-refractivity contribution < 1.29 is 14.3 Å². The maximum absolute atomic E-state index is 12.9. The zero-order valence-electron chi connectivity index (χ0n) is 17.5. The molecule has 8 heteroatoms.